The number of carbonyl (C=O) groups excluding carboxylic acids is 3. The number of aromatic amines is 1. The monoisotopic (exact) mass is 604 g/mol. The SMILES string of the molecule is CSCCC(NC(=O)C(N)CCCN=C(N)N)C(=O)NC(Cc1c[nH]c2ccccc12)C(=O)NC(CC(C)C)C(=O)O. The van der Waals surface area contributed by atoms with Gasteiger partial charge in [-0.05, 0) is 55.2 Å². The van der Waals surface area contributed by atoms with Crippen LogP contribution in [0.5, 0.6) is 0 Å². The van der Waals surface area contributed by atoms with Crippen molar-refractivity contribution in [1.29, 1.82) is 0 Å². The van der Waals surface area contributed by atoms with Crippen molar-refractivity contribution in [2.24, 2.45) is 28.1 Å². The number of benzene rings is 1. The lowest BCUT2D eigenvalue weighted by Gasteiger charge is -2.25. The van der Waals surface area contributed by atoms with Crippen LogP contribution >= 0.6 is 11.8 Å². The van der Waals surface area contributed by atoms with Crippen molar-refractivity contribution in [2.45, 2.75) is 70.1 Å². The molecule has 0 spiro atoms. The van der Waals surface area contributed by atoms with Gasteiger partial charge in [0, 0.05) is 30.1 Å². The van der Waals surface area contributed by atoms with Gasteiger partial charge in [0.2, 0.25) is 17.7 Å². The highest BCUT2D eigenvalue weighted by Gasteiger charge is 2.31. The van der Waals surface area contributed by atoms with Gasteiger partial charge in [-0.1, -0.05) is 32.0 Å². The summed E-state index contributed by atoms with van der Waals surface area (Å²) in [7, 11) is 0. The summed E-state index contributed by atoms with van der Waals surface area (Å²) in [5.74, 6) is -2.34. The molecule has 0 radical (unpaired) electrons. The molecule has 4 atom stereocenters. The van der Waals surface area contributed by atoms with Crippen LogP contribution in [0.4, 0.5) is 0 Å². The molecule has 3 amide bonds. The van der Waals surface area contributed by atoms with Crippen LogP contribution in [0.25, 0.3) is 10.9 Å². The Bertz CT molecular complexity index is 1230. The van der Waals surface area contributed by atoms with E-state index in [1.165, 1.54) is 11.8 Å². The summed E-state index contributed by atoms with van der Waals surface area (Å²) in [6.45, 7) is 4.04. The van der Waals surface area contributed by atoms with Crippen molar-refractivity contribution in [1.82, 2.24) is 20.9 Å². The Labute approximate surface area is 250 Å². The van der Waals surface area contributed by atoms with E-state index in [9.17, 15) is 24.3 Å². The Morgan fingerprint density at radius 2 is 1.62 bits per heavy atom. The number of nitrogens with two attached hydrogens (primary N) is 3. The van der Waals surface area contributed by atoms with Gasteiger partial charge in [0.25, 0.3) is 0 Å². The largest absolute Gasteiger partial charge is 0.480 e. The summed E-state index contributed by atoms with van der Waals surface area (Å²) in [5.41, 5.74) is 18.3. The van der Waals surface area contributed by atoms with Crippen LogP contribution in [0, 0.1) is 5.92 Å². The van der Waals surface area contributed by atoms with E-state index < -0.39 is 47.9 Å². The number of aliphatic imine (C=N–C) groups is 1. The maximum absolute atomic E-state index is 13.5. The lowest BCUT2D eigenvalue weighted by Crippen LogP contribution is -2.57. The lowest BCUT2D eigenvalue weighted by atomic mass is 10.0. The highest BCUT2D eigenvalue weighted by atomic mass is 32.2. The first kappa shape index (κ1) is 34.4. The molecular formula is C28H44N8O5S. The van der Waals surface area contributed by atoms with E-state index in [0.29, 0.717) is 31.6 Å². The van der Waals surface area contributed by atoms with Crippen LogP contribution in [-0.2, 0) is 25.6 Å². The molecule has 0 bridgehead atoms. The number of amides is 3. The summed E-state index contributed by atoms with van der Waals surface area (Å²) in [5, 5.41) is 18.6. The number of aliphatic carboxylic acids is 1. The predicted molar refractivity (Wildman–Crippen MR) is 166 cm³/mol. The number of fused-ring (bicyclic) bond motifs is 1. The topological polar surface area (TPSA) is 231 Å². The first-order chi connectivity index (χ1) is 19.9. The Morgan fingerprint density at radius 1 is 0.976 bits per heavy atom. The van der Waals surface area contributed by atoms with E-state index in [1.807, 2.05) is 44.4 Å². The molecule has 13 nitrogen and oxygen atoms in total. The Hall–Kier alpha value is -3.78. The van der Waals surface area contributed by atoms with E-state index >= 15 is 0 Å². The van der Waals surface area contributed by atoms with Gasteiger partial charge in [0.1, 0.15) is 18.1 Å². The minimum atomic E-state index is -1.16. The molecule has 0 aliphatic heterocycles. The molecule has 1 heterocycles. The molecule has 232 valence electrons. The molecule has 1 aromatic carbocycles. The fraction of sp³-hybridized carbons (Fsp3) is 0.536. The number of hydrogen-bond acceptors (Lipinski definition) is 7. The molecule has 2 rings (SSSR count). The number of rotatable bonds is 18. The van der Waals surface area contributed by atoms with Gasteiger partial charge in [0.15, 0.2) is 5.96 Å². The maximum Gasteiger partial charge on any atom is 0.326 e. The van der Waals surface area contributed by atoms with Crippen LogP contribution in [0.15, 0.2) is 35.5 Å². The number of carboxylic acid groups (broad SMARTS) is 1. The van der Waals surface area contributed by atoms with Crippen LogP contribution in [0.1, 0.15) is 45.1 Å². The summed E-state index contributed by atoms with van der Waals surface area (Å²) in [4.78, 5) is 58.7. The third kappa shape index (κ3) is 11.2. The average molecular weight is 605 g/mol. The molecule has 0 aliphatic rings. The zero-order valence-electron chi connectivity index (χ0n) is 24.4. The number of H-pyrrole nitrogens is 1. The van der Waals surface area contributed by atoms with Gasteiger partial charge in [-0.25, -0.2) is 4.79 Å². The normalized spacial score (nSPS) is 14.0. The first-order valence-electron chi connectivity index (χ1n) is 13.9. The number of para-hydroxylation sites is 1. The predicted octanol–water partition coefficient (Wildman–Crippen LogP) is 0.430. The highest BCUT2D eigenvalue weighted by molar-refractivity contribution is 7.98. The van der Waals surface area contributed by atoms with Crippen LogP contribution in [-0.4, -0.2) is 82.5 Å². The van der Waals surface area contributed by atoms with E-state index in [2.05, 4.69) is 25.9 Å². The van der Waals surface area contributed by atoms with Crippen LogP contribution in [0.2, 0.25) is 0 Å². The second-order valence-corrected chi connectivity index (χ2v) is 11.5. The summed E-state index contributed by atoms with van der Waals surface area (Å²) < 4.78 is 0. The quantitative estimate of drug-likeness (QED) is 0.0669. The molecule has 0 fully saturated rings. The number of nitrogens with zero attached hydrogens (tertiary/aromatic N) is 1. The molecule has 42 heavy (non-hydrogen) atoms. The zero-order chi connectivity index (χ0) is 31.2. The third-order valence-electron chi connectivity index (χ3n) is 6.60. The van der Waals surface area contributed by atoms with E-state index in [1.54, 1.807) is 6.20 Å². The standard InChI is InChI=1S/C28H44N8O5S/c1-16(2)13-23(27(40)41)36-26(39)22(14-17-15-33-20-9-5-4-7-18(17)20)35-25(38)21(10-12-42-3)34-24(37)19(29)8-6-11-32-28(30)31/h4-5,7,9,15-16,19,21-23,33H,6,8,10-14,29H2,1-3H3,(H,34,37)(H,35,38)(H,36,39)(H,40,41)(H4,30,31,32). The fourth-order valence-electron chi connectivity index (χ4n) is 4.40. The number of guanidine groups is 1. The summed E-state index contributed by atoms with van der Waals surface area (Å²) in [6.07, 6.45) is 5.03. The minimum Gasteiger partial charge on any atom is -0.480 e. The van der Waals surface area contributed by atoms with Crippen LogP contribution in [0.3, 0.4) is 0 Å². The minimum absolute atomic E-state index is 0.0165. The Kier molecular flexibility index (Phi) is 14.1. The molecule has 4 unspecified atom stereocenters. The Morgan fingerprint density at radius 3 is 2.26 bits per heavy atom. The van der Waals surface area contributed by atoms with E-state index in [0.717, 1.165) is 16.5 Å². The van der Waals surface area contributed by atoms with Crippen molar-refractivity contribution in [3.05, 3.63) is 36.0 Å². The van der Waals surface area contributed by atoms with E-state index in [-0.39, 0.29) is 24.7 Å². The number of carboxylic acids is 1. The molecule has 1 aromatic heterocycles. The van der Waals surface area contributed by atoms with Crippen molar-refractivity contribution >= 4 is 52.3 Å². The smallest absolute Gasteiger partial charge is 0.326 e. The number of nitrogens with one attached hydrogen (secondary N) is 4. The van der Waals surface area contributed by atoms with Crippen molar-refractivity contribution in [2.75, 3.05) is 18.6 Å². The van der Waals surface area contributed by atoms with Gasteiger partial charge in [0.05, 0.1) is 6.04 Å². The van der Waals surface area contributed by atoms with Crippen LogP contribution < -0.4 is 33.2 Å². The van der Waals surface area contributed by atoms with Crippen molar-refractivity contribution in [3.8, 4) is 0 Å². The second-order valence-electron chi connectivity index (χ2n) is 10.6. The van der Waals surface area contributed by atoms with E-state index in [4.69, 9.17) is 17.2 Å². The molecule has 11 N–H and O–H groups in total. The van der Waals surface area contributed by atoms with Gasteiger partial charge in [-0.3, -0.25) is 19.4 Å². The fourth-order valence-corrected chi connectivity index (χ4v) is 4.87. The van der Waals surface area contributed by atoms with Crippen molar-refractivity contribution in [3.63, 3.8) is 0 Å². The van der Waals surface area contributed by atoms with Gasteiger partial charge >= 0.3 is 5.97 Å². The Balaban J connectivity index is 2.24. The first-order valence-corrected chi connectivity index (χ1v) is 15.3. The summed E-state index contributed by atoms with van der Waals surface area (Å²) in [6, 6.07) is 3.46. The number of thioether (sulfide) groups is 1. The molecule has 0 aliphatic carbocycles. The van der Waals surface area contributed by atoms with Gasteiger partial charge in [-0.15, -0.1) is 0 Å². The number of aromatic nitrogens is 1. The average Bonchev–Trinajstić information content (AvgIpc) is 3.34. The van der Waals surface area contributed by atoms with Gasteiger partial charge < -0.3 is 43.2 Å². The second kappa shape index (κ2) is 17.2. The molecule has 0 saturated carbocycles. The molecule has 2 aromatic rings. The van der Waals surface area contributed by atoms with Crippen molar-refractivity contribution < 1.29 is 24.3 Å². The third-order valence-corrected chi connectivity index (χ3v) is 7.25. The zero-order valence-corrected chi connectivity index (χ0v) is 25.2. The number of carbonyl (C=O) groups is 4. The molecule has 0 saturated heterocycles. The van der Waals surface area contributed by atoms with Gasteiger partial charge in [-0.2, -0.15) is 11.8 Å². The maximum atomic E-state index is 13.5. The summed E-state index contributed by atoms with van der Waals surface area (Å²) >= 11 is 1.50. The number of hydrogen-bond donors (Lipinski definition) is 8. The highest BCUT2D eigenvalue weighted by Crippen LogP contribution is 2.19. The molecular weight excluding hydrogens is 560 g/mol. The lowest BCUT2D eigenvalue weighted by molar-refractivity contribution is -0.142. The molecule has 14 heteroatoms.